The summed E-state index contributed by atoms with van der Waals surface area (Å²) in [7, 11) is 11.2. The van der Waals surface area contributed by atoms with Gasteiger partial charge in [0, 0.05) is 62.3 Å². The first-order chi connectivity index (χ1) is 23.0. The van der Waals surface area contributed by atoms with Crippen LogP contribution in [0.5, 0.6) is 0 Å². The zero-order valence-corrected chi connectivity index (χ0v) is 30.0. The fraction of sp³-hybridized carbons (Fsp3) is 0.419. The molecule has 12 nitrogen and oxygen atoms in total. The summed E-state index contributed by atoms with van der Waals surface area (Å²) in [6.07, 6.45) is 1.82. The predicted molar refractivity (Wildman–Crippen MR) is 189 cm³/mol. The second-order valence-electron chi connectivity index (χ2n) is 13.0. The number of carbonyl (C=O) groups is 4. The summed E-state index contributed by atoms with van der Waals surface area (Å²) in [6, 6.07) is 15.8. The zero-order valence-electron chi connectivity index (χ0n) is 25.9. The largest absolute Gasteiger partial charge is 0.392 e. The lowest BCUT2D eigenvalue weighted by Gasteiger charge is -2.58. The molecule has 1 aromatic heterocycles. The van der Waals surface area contributed by atoms with E-state index in [4.69, 9.17) is 0 Å². The van der Waals surface area contributed by atoms with Gasteiger partial charge in [-0.2, -0.15) is 0 Å². The summed E-state index contributed by atoms with van der Waals surface area (Å²) in [6.45, 7) is -1.01. The Labute approximate surface area is 294 Å². The summed E-state index contributed by atoms with van der Waals surface area (Å²) in [5, 5.41) is 25.4. The molecule has 17 heteroatoms. The summed E-state index contributed by atoms with van der Waals surface area (Å²) >= 11 is 0. The van der Waals surface area contributed by atoms with Gasteiger partial charge in [-0.05, 0) is 59.9 Å². The van der Waals surface area contributed by atoms with Gasteiger partial charge >= 0.3 is 0 Å². The van der Waals surface area contributed by atoms with E-state index in [0.717, 1.165) is 27.7 Å². The van der Waals surface area contributed by atoms with Crippen LogP contribution in [-0.2, 0) is 31.1 Å². The van der Waals surface area contributed by atoms with Gasteiger partial charge in [0.25, 0.3) is 23.6 Å². The minimum atomic E-state index is -1.46. The van der Waals surface area contributed by atoms with Crippen molar-refractivity contribution in [1.29, 1.82) is 0 Å². The third kappa shape index (κ3) is 3.30. The minimum Gasteiger partial charge on any atom is -0.392 e. The Balaban J connectivity index is 1.25. The van der Waals surface area contributed by atoms with Crippen molar-refractivity contribution in [3.63, 3.8) is 0 Å². The molecular weight excluding hydrogens is 713 g/mol. The van der Waals surface area contributed by atoms with Crippen molar-refractivity contribution in [3.05, 3.63) is 65.9 Å². The lowest BCUT2D eigenvalue weighted by molar-refractivity contribution is -0.165. The maximum Gasteiger partial charge on any atom is 0.265 e. The van der Waals surface area contributed by atoms with Gasteiger partial charge in [0.15, 0.2) is 9.74 Å². The lowest BCUT2D eigenvalue weighted by atomic mass is 9.86. The number of aromatic nitrogens is 1. The first kappa shape index (κ1) is 31.3. The Morgan fingerprint density at radius 1 is 0.771 bits per heavy atom. The molecule has 1 spiro atoms. The summed E-state index contributed by atoms with van der Waals surface area (Å²) in [4.78, 5) is 57.5. The molecule has 0 saturated carbocycles. The maximum absolute atomic E-state index is 14.6. The highest BCUT2D eigenvalue weighted by atomic mass is 33.5. The first-order valence-corrected chi connectivity index (χ1v) is 20.9. The fourth-order valence-electron chi connectivity index (χ4n) is 8.48. The Morgan fingerprint density at radius 2 is 1.40 bits per heavy atom. The molecule has 11 rings (SSSR count). The molecule has 8 aliphatic heterocycles. The van der Waals surface area contributed by atoms with Gasteiger partial charge in [-0.1, -0.05) is 47.2 Å². The molecule has 4 bridgehead atoms. The molecule has 7 saturated heterocycles. The highest BCUT2D eigenvalue weighted by Crippen LogP contribution is 2.69. The van der Waals surface area contributed by atoms with E-state index in [2.05, 4.69) is 9.88 Å². The number of benzene rings is 2. The van der Waals surface area contributed by atoms with Crippen LogP contribution in [-0.4, -0.2) is 118 Å². The average molecular weight is 743 g/mol. The monoisotopic (exact) mass is 742 g/mol. The van der Waals surface area contributed by atoms with Crippen molar-refractivity contribution in [2.45, 2.75) is 44.0 Å². The molecule has 7 fully saturated rings. The van der Waals surface area contributed by atoms with Gasteiger partial charge in [0.1, 0.15) is 11.7 Å². The highest BCUT2D eigenvalue weighted by Gasteiger charge is 2.77. The molecular formula is C31H30N6O6S5. The quantitative estimate of drug-likeness (QED) is 0.332. The molecule has 6 atom stereocenters. The van der Waals surface area contributed by atoms with E-state index in [-0.39, 0.29) is 36.5 Å². The number of likely N-dealkylation sites (N-methyl/N-ethyl adjacent to an activating group) is 3. The molecule has 4 amide bonds. The van der Waals surface area contributed by atoms with E-state index in [1.807, 2.05) is 54.7 Å². The maximum atomic E-state index is 14.6. The number of carbonyl (C=O) groups excluding carboxylic acids is 4. The molecule has 3 N–H and O–H groups in total. The molecule has 8 aliphatic rings. The second-order valence-corrected chi connectivity index (χ2v) is 20.2. The SMILES string of the molecule is CN1C(=O)[C@]2(Cc3cn([C@]45C[C@@]67SSS[C@@](CO)(C(=O)N6[C@H]4Nc4ccccc45)N(C)C7=O)c4ccccc34)SS[C@@]1(CO)C(=O)N2C. The number of nitrogens with zero attached hydrogens (tertiary/aromatic N) is 5. The zero-order chi connectivity index (χ0) is 33.6. The summed E-state index contributed by atoms with van der Waals surface area (Å²) < 4.78 is 2.16. The van der Waals surface area contributed by atoms with Crippen molar-refractivity contribution < 1.29 is 29.4 Å². The number of aliphatic hydroxyl groups excluding tert-OH is 2. The van der Waals surface area contributed by atoms with Crippen LogP contribution in [0.2, 0.25) is 0 Å². The van der Waals surface area contributed by atoms with Crippen LogP contribution in [0.1, 0.15) is 17.5 Å². The van der Waals surface area contributed by atoms with Gasteiger partial charge in [0.05, 0.1) is 13.2 Å². The number of aliphatic hydroxyl groups is 2. The number of anilines is 1. The Bertz CT molecular complexity index is 2000. The second kappa shape index (κ2) is 9.98. The number of fused-ring (bicyclic) bond motifs is 10. The number of rotatable bonds is 5. The molecule has 9 heterocycles. The molecule has 48 heavy (non-hydrogen) atoms. The number of hydrogen-bond donors (Lipinski definition) is 3. The number of amides is 4. The van der Waals surface area contributed by atoms with Crippen molar-refractivity contribution >= 4 is 93.2 Å². The van der Waals surface area contributed by atoms with E-state index >= 15 is 0 Å². The van der Waals surface area contributed by atoms with E-state index in [1.54, 1.807) is 26.0 Å². The van der Waals surface area contributed by atoms with Gasteiger partial charge < -0.3 is 34.8 Å². The number of piperazine rings is 2. The van der Waals surface area contributed by atoms with Gasteiger partial charge in [-0.3, -0.25) is 24.1 Å². The predicted octanol–water partition coefficient (Wildman–Crippen LogP) is 2.52. The standard InChI is InChI=1S/C31H30N6O6S5/c1-33-25(42)30(15-38)34(2)23(40)28(33,44-45-30)12-17-13-36(21-11-7-4-8-18(17)21)27-14-29-24(41)35(3)31(16-39,47-48-46-29)26(43)37(29)22(27)32-20-10-6-5-9-19(20)27/h4-11,13,22,32,38-39H,12,14-16H2,1-3H3/t22-,27+,28+,29+,30+,31+/m1/s1. The first-order valence-electron chi connectivity index (χ1n) is 15.3. The normalized spacial score (nSPS) is 36.6. The third-order valence-electron chi connectivity index (χ3n) is 11.1. The van der Waals surface area contributed by atoms with Crippen molar-refractivity contribution in [2.75, 3.05) is 39.7 Å². The molecule has 0 radical (unpaired) electrons. The molecule has 250 valence electrons. The average Bonchev–Trinajstić information content (AvgIpc) is 3.67. The molecule has 0 aliphatic carbocycles. The molecule has 0 unspecified atom stereocenters. The third-order valence-corrected chi connectivity index (χ3v) is 19.9. The van der Waals surface area contributed by atoms with E-state index in [0.29, 0.717) is 0 Å². The highest BCUT2D eigenvalue weighted by molar-refractivity contribution is 9.10. The Morgan fingerprint density at radius 3 is 2.17 bits per heavy atom. The van der Waals surface area contributed by atoms with Gasteiger partial charge in [0.2, 0.25) is 9.74 Å². The van der Waals surface area contributed by atoms with Gasteiger partial charge in [-0.25, -0.2) is 0 Å². The van der Waals surface area contributed by atoms with Crippen molar-refractivity contribution in [3.8, 4) is 0 Å². The summed E-state index contributed by atoms with van der Waals surface area (Å²) in [5.41, 5.74) is 2.52. The van der Waals surface area contributed by atoms with Crippen molar-refractivity contribution in [2.24, 2.45) is 0 Å². The van der Waals surface area contributed by atoms with Gasteiger partial charge in [-0.15, -0.1) is 0 Å². The van der Waals surface area contributed by atoms with Crippen LogP contribution in [0.4, 0.5) is 5.69 Å². The Hall–Kier alpha value is -2.67. The summed E-state index contributed by atoms with van der Waals surface area (Å²) in [5.74, 6) is -1.14. The number of nitrogens with one attached hydrogen (secondary N) is 1. The van der Waals surface area contributed by atoms with Crippen LogP contribution in [0.25, 0.3) is 10.9 Å². The molecule has 2 aromatic carbocycles. The topological polar surface area (TPSA) is 139 Å². The van der Waals surface area contributed by atoms with Crippen LogP contribution >= 0.6 is 53.0 Å². The van der Waals surface area contributed by atoms with Crippen LogP contribution in [0.3, 0.4) is 0 Å². The van der Waals surface area contributed by atoms with Crippen LogP contribution in [0, 0.1) is 0 Å². The molecule has 3 aromatic rings. The lowest BCUT2D eigenvalue weighted by Crippen LogP contribution is -2.77. The smallest absolute Gasteiger partial charge is 0.265 e. The van der Waals surface area contributed by atoms with Crippen molar-refractivity contribution in [1.82, 2.24) is 24.2 Å². The Kier molecular flexibility index (Phi) is 6.51. The van der Waals surface area contributed by atoms with Crippen LogP contribution in [0.15, 0.2) is 54.7 Å². The fourth-order valence-corrected chi connectivity index (χ4v) is 18.0. The number of hydrogen-bond acceptors (Lipinski definition) is 12. The minimum absolute atomic E-state index is 0.200. The van der Waals surface area contributed by atoms with E-state index in [9.17, 15) is 29.4 Å². The van der Waals surface area contributed by atoms with E-state index < -0.39 is 44.4 Å². The van der Waals surface area contributed by atoms with Crippen LogP contribution < -0.4 is 5.32 Å². The van der Waals surface area contributed by atoms with E-state index in [1.165, 1.54) is 67.7 Å². The number of para-hydroxylation sites is 2.